The van der Waals surface area contributed by atoms with E-state index in [4.69, 9.17) is 11.6 Å². The van der Waals surface area contributed by atoms with Gasteiger partial charge in [0.1, 0.15) is 5.02 Å². The van der Waals surface area contributed by atoms with Crippen molar-refractivity contribution in [2.24, 2.45) is 0 Å². The van der Waals surface area contributed by atoms with Crippen LogP contribution >= 0.6 is 22.9 Å². The molecular weight excluding hydrogens is 316 g/mol. The molecule has 0 unspecified atom stereocenters. The molecule has 0 aliphatic rings. The van der Waals surface area contributed by atoms with E-state index in [1.54, 1.807) is 0 Å². The fourth-order valence-electron chi connectivity index (χ4n) is 1.96. The number of aromatic amines is 1. The predicted octanol–water partition coefficient (Wildman–Crippen LogP) is 0.616. The third-order valence-electron chi connectivity index (χ3n) is 2.93. The Morgan fingerprint density at radius 3 is 2.90 bits per heavy atom. The first-order chi connectivity index (χ1) is 9.95. The number of halogens is 1. The molecule has 0 amide bonds. The molecule has 3 aromatic rings. The summed E-state index contributed by atoms with van der Waals surface area (Å²) in [6.45, 7) is 1.87. The zero-order valence-corrected chi connectivity index (χ0v) is 12.4. The highest BCUT2D eigenvalue weighted by atomic mass is 35.5. The molecule has 1 N–H and O–H groups in total. The lowest BCUT2D eigenvalue weighted by molar-refractivity contribution is 0.703. The van der Waals surface area contributed by atoms with Gasteiger partial charge in [-0.3, -0.25) is 23.5 Å². The van der Waals surface area contributed by atoms with E-state index < -0.39 is 11.2 Å². The van der Waals surface area contributed by atoms with Crippen LogP contribution in [-0.4, -0.2) is 18.9 Å². The van der Waals surface area contributed by atoms with E-state index in [9.17, 15) is 14.4 Å². The van der Waals surface area contributed by atoms with Gasteiger partial charge in [-0.1, -0.05) is 11.6 Å². The molecule has 0 saturated heterocycles. The van der Waals surface area contributed by atoms with E-state index in [-0.39, 0.29) is 17.1 Å². The SMILES string of the molecule is Cc1csc2nc(Cn3cc(Cl)c(=O)[nH]c3=O)cc(=O)n12. The second-order valence-electron chi connectivity index (χ2n) is 4.44. The second kappa shape index (κ2) is 4.97. The van der Waals surface area contributed by atoms with Crippen LogP contribution < -0.4 is 16.8 Å². The van der Waals surface area contributed by atoms with Crippen LogP contribution in [0.15, 0.2) is 32.0 Å². The smallest absolute Gasteiger partial charge is 0.293 e. The molecule has 9 heteroatoms. The summed E-state index contributed by atoms with van der Waals surface area (Å²) in [5.74, 6) is 0. The molecule has 108 valence electrons. The summed E-state index contributed by atoms with van der Waals surface area (Å²) in [6.07, 6.45) is 1.23. The maximum Gasteiger partial charge on any atom is 0.328 e. The van der Waals surface area contributed by atoms with Crippen LogP contribution in [0.5, 0.6) is 0 Å². The van der Waals surface area contributed by atoms with Crippen molar-refractivity contribution in [1.82, 2.24) is 18.9 Å². The predicted molar refractivity (Wildman–Crippen MR) is 79.5 cm³/mol. The number of nitrogens with zero attached hydrogens (tertiary/aromatic N) is 3. The van der Waals surface area contributed by atoms with Crippen molar-refractivity contribution >= 4 is 27.9 Å². The normalized spacial score (nSPS) is 11.1. The third-order valence-corrected chi connectivity index (χ3v) is 4.14. The average Bonchev–Trinajstić information content (AvgIpc) is 2.78. The highest BCUT2D eigenvalue weighted by Crippen LogP contribution is 2.11. The summed E-state index contributed by atoms with van der Waals surface area (Å²) in [4.78, 5) is 41.9. The second-order valence-corrected chi connectivity index (χ2v) is 5.69. The fraction of sp³-hybridized carbons (Fsp3) is 0.167. The van der Waals surface area contributed by atoms with Gasteiger partial charge in [0.25, 0.3) is 11.1 Å². The highest BCUT2D eigenvalue weighted by molar-refractivity contribution is 7.15. The molecule has 0 bridgehead atoms. The van der Waals surface area contributed by atoms with Crippen molar-refractivity contribution in [3.8, 4) is 0 Å². The summed E-state index contributed by atoms with van der Waals surface area (Å²) in [5, 5.41) is 1.73. The molecule has 3 rings (SSSR count). The molecule has 3 heterocycles. The average molecular weight is 325 g/mol. The Morgan fingerprint density at radius 2 is 2.14 bits per heavy atom. The summed E-state index contributed by atoms with van der Waals surface area (Å²) in [6, 6.07) is 1.36. The van der Waals surface area contributed by atoms with Crippen LogP contribution in [0.4, 0.5) is 0 Å². The molecule has 0 atom stereocenters. The van der Waals surface area contributed by atoms with Gasteiger partial charge in [-0.15, -0.1) is 11.3 Å². The molecule has 0 fully saturated rings. The Labute approximate surface area is 126 Å². The van der Waals surface area contributed by atoms with Gasteiger partial charge < -0.3 is 0 Å². The molecule has 3 aromatic heterocycles. The Balaban J connectivity index is 2.11. The number of fused-ring (bicyclic) bond motifs is 1. The Hall–Kier alpha value is -2.19. The van der Waals surface area contributed by atoms with Crippen LogP contribution in [0.2, 0.25) is 5.02 Å². The van der Waals surface area contributed by atoms with Gasteiger partial charge in [0.2, 0.25) is 0 Å². The topological polar surface area (TPSA) is 89.2 Å². The lowest BCUT2D eigenvalue weighted by Gasteiger charge is -2.05. The first-order valence-electron chi connectivity index (χ1n) is 5.92. The van der Waals surface area contributed by atoms with Crippen LogP contribution in [-0.2, 0) is 6.54 Å². The summed E-state index contributed by atoms with van der Waals surface area (Å²) >= 11 is 7.04. The van der Waals surface area contributed by atoms with Crippen LogP contribution in [0.3, 0.4) is 0 Å². The molecule has 21 heavy (non-hydrogen) atoms. The van der Waals surface area contributed by atoms with Crippen molar-refractivity contribution in [2.45, 2.75) is 13.5 Å². The van der Waals surface area contributed by atoms with Crippen molar-refractivity contribution in [2.75, 3.05) is 0 Å². The van der Waals surface area contributed by atoms with Crippen molar-refractivity contribution in [3.63, 3.8) is 0 Å². The van der Waals surface area contributed by atoms with E-state index in [1.807, 2.05) is 12.3 Å². The van der Waals surface area contributed by atoms with Crippen LogP contribution in [0.1, 0.15) is 11.4 Å². The molecule has 0 aliphatic heterocycles. The van der Waals surface area contributed by atoms with E-state index in [1.165, 1.54) is 32.6 Å². The Kier molecular flexibility index (Phi) is 3.26. The minimum atomic E-state index is -0.643. The van der Waals surface area contributed by atoms with Gasteiger partial charge in [0, 0.05) is 23.3 Å². The molecule has 0 aromatic carbocycles. The highest BCUT2D eigenvalue weighted by Gasteiger charge is 2.09. The molecule has 7 nitrogen and oxygen atoms in total. The lowest BCUT2D eigenvalue weighted by atomic mass is 10.4. The van der Waals surface area contributed by atoms with Crippen LogP contribution in [0, 0.1) is 6.92 Å². The van der Waals surface area contributed by atoms with Crippen molar-refractivity contribution < 1.29 is 0 Å². The van der Waals surface area contributed by atoms with E-state index >= 15 is 0 Å². The van der Waals surface area contributed by atoms with Crippen molar-refractivity contribution in [1.29, 1.82) is 0 Å². The first kappa shape index (κ1) is 13.8. The summed E-state index contributed by atoms with van der Waals surface area (Å²) in [7, 11) is 0. The van der Waals surface area contributed by atoms with Gasteiger partial charge >= 0.3 is 5.69 Å². The number of nitrogens with one attached hydrogen (secondary N) is 1. The first-order valence-corrected chi connectivity index (χ1v) is 7.17. The molecule has 0 saturated carbocycles. The van der Waals surface area contributed by atoms with Gasteiger partial charge in [0.15, 0.2) is 4.96 Å². The number of hydrogen-bond donors (Lipinski definition) is 1. The molecular formula is C12H9ClN4O3S. The Morgan fingerprint density at radius 1 is 1.38 bits per heavy atom. The van der Waals surface area contributed by atoms with Gasteiger partial charge in [0.05, 0.1) is 12.2 Å². The third kappa shape index (κ3) is 2.43. The summed E-state index contributed by atoms with van der Waals surface area (Å²) in [5.41, 5.74) is -0.225. The van der Waals surface area contributed by atoms with Crippen LogP contribution in [0.25, 0.3) is 4.96 Å². The number of aryl methyl sites for hydroxylation is 1. The molecule has 0 aliphatic carbocycles. The van der Waals surface area contributed by atoms with E-state index in [2.05, 4.69) is 9.97 Å². The maximum absolute atomic E-state index is 12.0. The zero-order chi connectivity index (χ0) is 15.1. The van der Waals surface area contributed by atoms with E-state index in [0.29, 0.717) is 10.7 Å². The number of H-pyrrole nitrogens is 1. The standard InChI is InChI=1S/C12H9ClN4O3S/c1-6-5-21-12-14-7(2-9(18)17(6)12)3-16-4-8(13)10(19)15-11(16)20/h2,4-5H,3H2,1H3,(H,15,19,20). The number of rotatable bonds is 2. The van der Waals surface area contributed by atoms with E-state index in [0.717, 1.165) is 5.69 Å². The van der Waals surface area contributed by atoms with Gasteiger partial charge in [-0.05, 0) is 6.92 Å². The fourth-order valence-corrected chi connectivity index (χ4v) is 3.01. The lowest BCUT2D eigenvalue weighted by Crippen LogP contribution is -2.30. The monoisotopic (exact) mass is 324 g/mol. The molecule has 0 spiro atoms. The van der Waals surface area contributed by atoms with Gasteiger partial charge in [-0.2, -0.15) is 0 Å². The zero-order valence-electron chi connectivity index (χ0n) is 10.8. The minimum Gasteiger partial charge on any atom is -0.293 e. The largest absolute Gasteiger partial charge is 0.328 e. The Bertz CT molecular complexity index is 1010. The van der Waals surface area contributed by atoms with Crippen molar-refractivity contribution in [3.05, 3.63) is 65.2 Å². The molecule has 0 radical (unpaired) electrons. The maximum atomic E-state index is 12.0. The number of aromatic nitrogens is 4. The quantitative estimate of drug-likeness (QED) is 0.748. The summed E-state index contributed by atoms with van der Waals surface area (Å²) < 4.78 is 2.69. The number of hydrogen-bond acceptors (Lipinski definition) is 5. The van der Waals surface area contributed by atoms with Gasteiger partial charge in [-0.25, -0.2) is 9.78 Å². The minimum absolute atomic E-state index is 0.0536. The number of thiazole rings is 1.